The van der Waals surface area contributed by atoms with E-state index in [0.717, 1.165) is 45.2 Å². The van der Waals surface area contributed by atoms with Gasteiger partial charge in [-0.05, 0) is 50.3 Å². The summed E-state index contributed by atoms with van der Waals surface area (Å²) < 4.78 is 20.0. The summed E-state index contributed by atoms with van der Waals surface area (Å²) in [6.07, 6.45) is 7.24. The number of piperidine rings is 1. The van der Waals surface area contributed by atoms with Gasteiger partial charge < -0.3 is 14.3 Å². The molecule has 1 amide bonds. The molecule has 2 aromatic rings. The third-order valence-corrected chi connectivity index (χ3v) is 5.75. The molecule has 1 unspecified atom stereocenters. The van der Waals surface area contributed by atoms with Crippen molar-refractivity contribution in [1.82, 2.24) is 15.0 Å². The fourth-order valence-electron chi connectivity index (χ4n) is 4.27. The highest BCUT2D eigenvalue weighted by Crippen LogP contribution is 2.31. The van der Waals surface area contributed by atoms with Crippen molar-refractivity contribution in [2.24, 2.45) is 0 Å². The van der Waals surface area contributed by atoms with Crippen LogP contribution in [0.1, 0.15) is 50.8 Å². The van der Waals surface area contributed by atoms with Crippen molar-refractivity contribution in [3.63, 3.8) is 0 Å². The Labute approximate surface area is 164 Å². The average Bonchev–Trinajstić information content (AvgIpc) is 2.97. The Morgan fingerprint density at radius 3 is 2.54 bits per heavy atom. The summed E-state index contributed by atoms with van der Waals surface area (Å²) in [5.41, 5.74) is 1.06. The summed E-state index contributed by atoms with van der Waals surface area (Å²) in [4.78, 5) is 21.3. The summed E-state index contributed by atoms with van der Waals surface area (Å²) in [6, 6.07) is 4.69. The monoisotopic (exact) mass is 386 g/mol. The lowest BCUT2D eigenvalue weighted by molar-refractivity contribution is -0.133. The Kier molecular flexibility index (Phi) is 5.59. The first-order valence-corrected chi connectivity index (χ1v) is 10.3. The number of nitrogens with zero attached hydrogens (tertiary/aromatic N) is 4. The summed E-state index contributed by atoms with van der Waals surface area (Å²) >= 11 is 0. The zero-order valence-corrected chi connectivity index (χ0v) is 16.4. The van der Waals surface area contributed by atoms with E-state index in [9.17, 15) is 4.79 Å². The topological polar surface area (TPSA) is 62.5 Å². The van der Waals surface area contributed by atoms with Crippen LogP contribution < -0.4 is 4.90 Å². The minimum atomic E-state index is -0.351. The van der Waals surface area contributed by atoms with Gasteiger partial charge in [0.05, 0.1) is 5.69 Å². The Morgan fingerprint density at radius 2 is 1.86 bits per heavy atom. The predicted molar refractivity (Wildman–Crippen MR) is 104 cm³/mol. The van der Waals surface area contributed by atoms with Gasteiger partial charge in [-0.1, -0.05) is 18.0 Å². The predicted octanol–water partition coefficient (Wildman–Crippen LogP) is 3.95. The van der Waals surface area contributed by atoms with Gasteiger partial charge in [0.15, 0.2) is 0 Å². The summed E-state index contributed by atoms with van der Waals surface area (Å²) in [7, 11) is 0. The maximum atomic E-state index is 15.0. The van der Waals surface area contributed by atoms with Crippen LogP contribution in [0.5, 0.6) is 0 Å². The fourth-order valence-corrected chi connectivity index (χ4v) is 4.27. The van der Waals surface area contributed by atoms with Crippen molar-refractivity contribution >= 4 is 11.6 Å². The number of aromatic nitrogens is 2. The highest BCUT2D eigenvalue weighted by Gasteiger charge is 2.33. The van der Waals surface area contributed by atoms with E-state index < -0.39 is 0 Å². The second kappa shape index (κ2) is 8.29. The quantitative estimate of drug-likeness (QED) is 0.799. The van der Waals surface area contributed by atoms with Crippen molar-refractivity contribution in [1.29, 1.82) is 0 Å². The first kappa shape index (κ1) is 18.9. The van der Waals surface area contributed by atoms with Gasteiger partial charge >= 0.3 is 0 Å². The number of aryl methyl sites for hydroxylation is 1. The van der Waals surface area contributed by atoms with E-state index in [-0.39, 0.29) is 17.8 Å². The fraction of sp³-hybridized carbons (Fsp3) is 0.571. The van der Waals surface area contributed by atoms with Gasteiger partial charge in [-0.3, -0.25) is 4.79 Å². The minimum Gasteiger partial charge on any atom is -0.357 e. The molecule has 1 atom stereocenters. The Balaban J connectivity index is 1.57. The van der Waals surface area contributed by atoms with Crippen LogP contribution in [0.2, 0.25) is 0 Å². The maximum Gasteiger partial charge on any atom is 0.245 e. The van der Waals surface area contributed by atoms with Crippen LogP contribution in [0.3, 0.4) is 0 Å². The van der Waals surface area contributed by atoms with E-state index in [2.05, 4.69) is 10.1 Å². The lowest BCUT2D eigenvalue weighted by Crippen LogP contribution is -2.51. The number of halogens is 1. The standard InChI is InChI=1S/C21H27FN4O2/c1-15-23-20(24-28-15)16-9-10-18(17(22)14-16)26-13-7-4-8-19(26)21(27)25-11-5-2-3-6-12-25/h9-10,14,19H,2-8,11-13H2,1H3. The third-order valence-electron chi connectivity index (χ3n) is 5.75. The minimum absolute atomic E-state index is 0.152. The van der Waals surface area contributed by atoms with Gasteiger partial charge in [-0.15, -0.1) is 0 Å². The second-order valence-electron chi connectivity index (χ2n) is 7.75. The van der Waals surface area contributed by atoms with Crippen LogP contribution in [-0.2, 0) is 4.79 Å². The van der Waals surface area contributed by atoms with Crippen molar-refractivity contribution in [2.45, 2.75) is 57.9 Å². The second-order valence-corrected chi connectivity index (χ2v) is 7.75. The lowest BCUT2D eigenvalue weighted by atomic mass is 9.99. The molecule has 0 radical (unpaired) electrons. The van der Waals surface area contributed by atoms with Crippen LogP contribution >= 0.6 is 0 Å². The zero-order chi connectivity index (χ0) is 19.5. The number of anilines is 1. The van der Waals surface area contributed by atoms with E-state index >= 15 is 4.39 Å². The van der Waals surface area contributed by atoms with Gasteiger partial charge in [-0.25, -0.2) is 4.39 Å². The number of carbonyl (C=O) groups is 1. The highest BCUT2D eigenvalue weighted by atomic mass is 19.1. The van der Waals surface area contributed by atoms with Gasteiger partial charge in [0, 0.05) is 32.1 Å². The van der Waals surface area contributed by atoms with Crippen LogP contribution in [0.4, 0.5) is 10.1 Å². The number of rotatable bonds is 3. The lowest BCUT2D eigenvalue weighted by Gasteiger charge is -2.39. The van der Waals surface area contributed by atoms with Gasteiger partial charge in [0.1, 0.15) is 11.9 Å². The summed E-state index contributed by atoms with van der Waals surface area (Å²) in [5, 5.41) is 3.86. The van der Waals surface area contributed by atoms with Crippen molar-refractivity contribution in [2.75, 3.05) is 24.5 Å². The molecule has 0 saturated carbocycles. The molecule has 1 aromatic heterocycles. The number of hydrogen-bond acceptors (Lipinski definition) is 5. The average molecular weight is 386 g/mol. The smallest absolute Gasteiger partial charge is 0.245 e. The maximum absolute atomic E-state index is 15.0. The molecular weight excluding hydrogens is 359 g/mol. The zero-order valence-electron chi connectivity index (χ0n) is 16.4. The van der Waals surface area contributed by atoms with E-state index in [1.165, 1.54) is 18.9 Å². The SMILES string of the molecule is Cc1nc(-c2ccc(N3CCCCC3C(=O)N3CCCCCC3)c(F)c2)no1. The molecule has 28 heavy (non-hydrogen) atoms. The van der Waals surface area contributed by atoms with Crippen molar-refractivity contribution < 1.29 is 13.7 Å². The molecule has 0 spiro atoms. The molecule has 0 aliphatic carbocycles. The molecule has 150 valence electrons. The molecule has 2 saturated heterocycles. The number of amides is 1. The molecule has 7 heteroatoms. The number of carbonyl (C=O) groups excluding carboxylic acids is 1. The molecular formula is C21H27FN4O2. The van der Waals surface area contributed by atoms with E-state index in [1.54, 1.807) is 19.1 Å². The van der Waals surface area contributed by atoms with Crippen molar-refractivity contribution in [3.8, 4) is 11.4 Å². The van der Waals surface area contributed by atoms with Crippen molar-refractivity contribution in [3.05, 3.63) is 29.9 Å². The van der Waals surface area contributed by atoms with Crippen LogP contribution in [0.15, 0.2) is 22.7 Å². The Bertz CT molecular complexity index is 830. The van der Waals surface area contributed by atoms with E-state index in [0.29, 0.717) is 29.5 Å². The van der Waals surface area contributed by atoms with Crippen LogP contribution in [0, 0.1) is 12.7 Å². The first-order chi connectivity index (χ1) is 13.6. The van der Waals surface area contributed by atoms with Crippen LogP contribution in [0.25, 0.3) is 11.4 Å². The molecule has 0 bridgehead atoms. The number of likely N-dealkylation sites (tertiary alicyclic amines) is 1. The van der Waals surface area contributed by atoms with Gasteiger partial charge in [-0.2, -0.15) is 4.98 Å². The normalized spacial score (nSPS) is 20.9. The number of hydrogen-bond donors (Lipinski definition) is 0. The largest absolute Gasteiger partial charge is 0.357 e. The highest BCUT2D eigenvalue weighted by molar-refractivity contribution is 5.86. The Hall–Kier alpha value is -2.44. The molecule has 3 heterocycles. The summed E-state index contributed by atoms with van der Waals surface area (Å²) in [6.45, 7) is 4.04. The molecule has 2 aliphatic rings. The van der Waals surface area contributed by atoms with Gasteiger partial charge in [0.2, 0.25) is 17.6 Å². The van der Waals surface area contributed by atoms with E-state index in [1.807, 2.05) is 9.80 Å². The van der Waals surface area contributed by atoms with Crippen LogP contribution in [-0.4, -0.2) is 46.6 Å². The summed E-state index contributed by atoms with van der Waals surface area (Å²) in [5.74, 6) is 0.617. The first-order valence-electron chi connectivity index (χ1n) is 10.3. The molecule has 0 N–H and O–H groups in total. The molecule has 1 aromatic carbocycles. The Morgan fingerprint density at radius 1 is 1.11 bits per heavy atom. The molecule has 2 fully saturated rings. The molecule has 4 rings (SSSR count). The molecule has 6 nitrogen and oxygen atoms in total. The van der Waals surface area contributed by atoms with E-state index in [4.69, 9.17) is 4.52 Å². The molecule has 2 aliphatic heterocycles. The third kappa shape index (κ3) is 3.88. The number of benzene rings is 1. The van der Waals surface area contributed by atoms with Gasteiger partial charge in [0.25, 0.3) is 0 Å².